The molecular formula is C13H7FN2O3. The van der Waals surface area contributed by atoms with Gasteiger partial charge >= 0.3 is 5.97 Å². The number of benzene rings is 1. The summed E-state index contributed by atoms with van der Waals surface area (Å²) >= 11 is 0. The van der Waals surface area contributed by atoms with Gasteiger partial charge in [-0.2, -0.15) is 5.26 Å². The van der Waals surface area contributed by atoms with Crippen LogP contribution in [-0.4, -0.2) is 16.1 Å². The zero-order chi connectivity index (χ0) is 13.8. The minimum absolute atomic E-state index is 0.0221. The molecule has 5 nitrogen and oxygen atoms in total. The highest BCUT2D eigenvalue weighted by atomic mass is 19.1. The Morgan fingerprint density at radius 1 is 1.37 bits per heavy atom. The molecule has 0 fully saturated rings. The first-order valence-electron chi connectivity index (χ1n) is 5.16. The number of carboxylic acid groups (broad SMARTS) is 1. The number of hydrogen-bond acceptors (Lipinski definition) is 4. The van der Waals surface area contributed by atoms with Gasteiger partial charge in [-0.1, -0.05) is 0 Å². The van der Waals surface area contributed by atoms with Crippen molar-refractivity contribution in [1.82, 2.24) is 4.98 Å². The fourth-order valence-corrected chi connectivity index (χ4v) is 1.40. The molecular weight excluding hydrogens is 251 g/mol. The Bertz CT molecular complexity index is 680. The molecule has 1 aromatic heterocycles. The number of pyridine rings is 1. The Kier molecular flexibility index (Phi) is 3.39. The Hall–Kier alpha value is -2.94. The number of nitriles is 1. The van der Waals surface area contributed by atoms with Crippen molar-refractivity contribution < 1.29 is 19.0 Å². The first-order chi connectivity index (χ1) is 9.11. The molecule has 0 radical (unpaired) electrons. The molecule has 0 saturated carbocycles. The molecule has 1 N–H and O–H groups in total. The minimum Gasteiger partial charge on any atom is -0.477 e. The van der Waals surface area contributed by atoms with Crippen LogP contribution in [0.2, 0.25) is 0 Å². The Morgan fingerprint density at radius 3 is 2.79 bits per heavy atom. The molecule has 2 aromatic rings. The van der Waals surface area contributed by atoms with E-state index in [9.17, 15) is 9.18 Å². The van der Waals surface area contributed by atoms with Gasteiger partial charge in [0, 0.05) is 18.5 Å². The van der Waals surface area contributed by atoms with E-state index < -0.39 is 11.8 Å². The molecule has 2 rings (SSSR count). The van der Waals surface area contributed by atoms with Gasteiger partial charge in [-0.25, -0.2) is 9.18 Å². The molecule has 1 heterocycles. The number of halogens is 1. The maximum atomic E-state index is 13.6. The van der Waals surface area contributed by atoms with Gasteiger partial charge in [-0.05, 0) is 18.2 Å². The Balaban J connectivity index is 2.37. The van der Waals surface area contributed by atoms with Crippen molar-refractivity contribution >= 4 is 5.97 Å². The molecule has 6 heteroatoms. The molecule has 0 aliphatic heterocycles. The minimum atomic E-state index is -1.22. The molecule has 0 aliphatic carbocycles. The average molecular weight is 258 g/mol. The molecule has 94 valence electrons. The summed E-state index contributed by atoms with van der Waals surface area (Å²) < 4.78 is 18.8. The van der Waals surface area contributed by atoms with Gasteiger partial charge in [0.15, 0.2) is 11.6 Å². The molecule has 0 unspecified atom stereocenters. The van der Waals surface area contributed by atoms with E-state index in [4.69, 9.17) is 15.1 Å². The lowest BCUT2D eigenvalue weighted by Gasteiger charge is -2.08. The molecule has 0 spiro atoms. The number of ether oxygens (including phenoxy) is 1. The highest BCUT2D eigenvalue weighted by Crippen LogP contribution is 2.27. The predicted octanol–water partition coefficient (Wildman–Crippen LogP) is 2.58. The smallest absolute Gasteiger partial charge is 0.341 e. The summed E-state index contributed by atoms with van der Waals surface area (Å²) in [6, 6.07) is 6.76. The van der Waals surface area contributed by atoms with Gasteiger partial charge in [-0.15, -0.1) is 0 Å². The third-order valence-electron chi connectivity index (χ3n) is 2.29. The van der Waals surface area contributed by atoms with Crippen molar-refractivity contribution in [2.24, 2.45) is 0 Å². The SMILES string of the molecule is N#Cc1ccc(Oc2ccncc2C(=O)O)c(F)c1. The summed E-state index contributed by atoms with van der Waals surface area (Å²) in [4.78, 5) is 14.6. The summed E-state index contributed by atoms with van der Waals surface area (Å²) in [5.41, 5.74) is -0.0238. The third kappa shape index (κ3) is 2.66. The van der Waals surface area contributed by atoms with Crippen molar-refractivity contribution in [2.45, 2.75) is 0 Å². The van der Waals surface area contributed by atoms with E-state index >= 15 is 0 Å². The quantitative estimate of drug-likeness (QED) is 0.914. The van der Waals surface area contributed by atoms with Crippen molar-refractivity contribution in [3.05, 3.63) is 53.6 Å². The second kappa shape index (κ2) is 5.14. The number of aromatic carboxylic acids is 1. The zero-order valence-corrected chi connectivity index (χ0v) is 9.50. The third-order valence-corrected chi connectivity index (χ3v) is 2.29. The van der Waals surface area contributed by atoms with E-state index in [0.717, 1.165) is 12.3 Å². The van der Waals surface area contributed by atoms with Crippen LogP contribution in [0.5, 0.6) is 11.5 Å². The summed E-state index contributed by atoms with van der Waals surface area (Å²) in [7, 11) is 0. The van der Waals surface area contributed by atoms with Crippen molar-refractivity contribution in [2.75, 3.05) is 0 Å². The summed E-state index contributed by atoms with van der Waals surface area (Å²) in [5, 5.41) is 17.6. The number of carbonyl (C=O) groups is 1. The van der Waals surface area contributed by atoms with Crippen molar-refractivity contribution in [3.63, 3.8) is 0 Å². The van der Waals surface area contributed by atoms with E-state index in [-0.39, 0.29) is 22.6 Å². The van der Waals surface area contributed by atoms with Crippen LogP contribution in [0.25, 0.3) is 0 Å². The van der Waals surface area contributed by atoms with Gasteiger partial charge in [0.05, 0.1) is 11.6 Å². The lowest BCUT2D eigenvalue weighted by atomic mass is 10.2. The van der Waals surface area contributed by atoms with E-state index in [0.29, 0.717) is 0 Å². The molecule has 1 aromatic carbocycles. The zero-order valence-electron chi connectivity index (χ0n) is 9.50. The Labute approximate surface area is 107 Å². The van der Waals surface area contributed by atoms with Crippen LogP contribution in [0, 0.1) is 17.1 Å². The van der Waals surface area contributed by atoms with Gasteiger partial charge in [0.1, 0.15) is 11.3 Å². The van der Waals surface area contributed by atoms with E-state index in [1.54, 1.807) is 6.07 Å². The fourth-order valence-electron chi connectivity index (χ4n) is 1.40. The van der Waals surface area contributed by atoms with E-state index in [2.05, 4.69) is 4.98 Å². The van der Waals surface area contributed by atoms with Crippen LogP contribution >= 0.6 is 0 Å². The summed E-state index contributed by atoms with van der Waals surface area (Å²) in [6.45, 7) is 0. The molecule has 0 bridgehead atoms. The van der Waals surface area contributed by atoms with E-state index in [1.807, 2.05) is 0 Å². The van der Waals surface area contributed by atoms with Crippen LogP contribution in [0.3, 0.4) is 0 Å². The highest BCUT2D eigenvalue weighted by Gasteiger charge is 2.14. The molecule has 0 aliphatic rings. The molecule has 0 saturated heterocycles. The number of nitrogens with zero attached hydrogens (tertiary/aromatic N) is 2. The van der Waals surface area contributed by atoms with Gasteiger partial charge in [0.25, 0.3) is 0 Å². The monoisotopic (exact) mass is 258 g/mol. The van der Waals surface area contributed by atoms with Crippen LogP contribution in [0.1, 0.15) is 15.9 Å². The number of rotatable bonds is 3. The highest BCUT2D eigenvalue weighted by molar-refractivity contribution is 5.90. The maximum absolute atomic E-state index is 13.6. The summed E-state index contributed by atoms with van der Waals surface area (Å²) in [6.07, 6.45) is 2.45. The van der Waals surface area contributed by atoms with E-state index in [1.165, 1.54) is 24.4 Å². The van der Waals surface area contributed by atoms with Crippen molar-refractivity contribution in [3.8, 4) is 17.6 Å². The second-order valence-electron chi connectivity index (χ2n) is 3.54. The van der Waals surface area contributed by atoms with Crippen LogP contribution in [-0.2, 0) is 0 Å². The van der Waals surface area contributed by atoms with Gasteiger partial charge in [0.2, 0.25) is 0 Å². The van der Waals surface area contributed by atoms with Gasteiger partial charge in [-0.3, -0.25) is 4.98 Å². The predicted molar refractivity (Wildman–Crippen MR) is 62.4 cm³/mol. The largest absolute Gasteiger partial charge is 0.477 e. The normalized spacial score (nSPS) is 9.68. The van der Waals surface area contributed by atoms with Crippen LogP contribution in [0.4, 0.5) is 4.39 Å². The number of hydrogen-bond donors (Lipinski definition) is 1. The van der Waals surface area contributed by atoms with Gasteiger partial charge < -0.3 is 9.84 Å². The van der Waals surface area contributed by atoms with Crippen LogP contribution < -0.4 is 4.74 Å². The molecule has 0 atom stereocenters. The van der Waals surface area contributed by atoms with Crippen molar-refractivity contribution in [1.29, 1.82) is 5.26 Å². The fraction of sp³-hybridized carbons (Fsp3) is 0. The summed E-state index contributed by atoms with van der Waals surface area (Å²) in [5.74, 6) is -2.15. The topological polar surface area (TPSA) is 83.2 Å². The lowest BCUT2D eigenvalue weighted by Crippen LogP contribution is -2.01. The number of carboxylic acids is 1. The number of aromatic nitrogens is 1. The first-order valence-corrected chi connectivity index (χ1v) is 5.16. The molecule has 0 amide bonds. The second-order valence-corrected chi connectivity index (χ2v) is 3.54. The molecule has 19 heavy (non-hydrogen) atoms. The maximum Gasteiger partial charge on any atom is 0.341 e. The first kappa shape index (κ1) is 12.5. The average Bonchev–Trinajstić information content (AvgIpc) is 2.41. The standard InChI is InChI=1S/C13H7FN2O3/c14-10-5-8(6-15)1-2-12(10)19-11-3-4-16-7-9(11)13(17)18/h1-5,7H,(H,17,18). The Morgan fingerprint density at radius 2 is 2.16 bits per heavy atom. The lowest BCUT2D eigenvalue weighted by molar-refractivity contribution is 0.0693. The van der Waals surface area contributed by atoms with Crippen LogP contribution in [0.15, 0.2) is 36.7 Å².